The first kappa shape index (κ1) is 14.8. The van der Waals surface area contributed by atoms with Crippen molar-refractivity contribution < 1.29 is 9.53 Å². The van der Waals surface area contributed by atoms with E-state index in [0.717, 1.165) is 38.5 Å². The lowest BCUT2D eigenvalue weighted by molar-refractivity contribution is -0.158. The third-order valence-electron chi connectivity index (χ3n) is 4.36. The van der Waals surface area contributed by atoms with Crippen LogP contribution in [0.2, 0.25) is 0 Å². The van der Waals surface area contributed by atoms with E-state index in [9.17, 15) is 4.79 Å². The van der Waals surface area contributed by atoms with Crippen molar-refractivity contribution in [2.24, 2.45) is 0 Å². The largest absolute Gasteiger partial charge is 0.456 e. The van der Waals surface area contributed by atoms with Crippen LogP contribution in [-0.2, 0) is 9.53 Å². The van der Waals surface area contributed by atoms with Gasteiger partial charge in [-0.3, -0.25) is 0 Å². The maximum absolute atomic E-state index is 11.6. The van der Waals surface area contributed by atoms with Crippen LogP contribution in [0.25, 0.3) is 0 Å². The predicted molar refractivity (Wildman–Crippen MR) is 81.6 cm³/mol. The second-order valence-electron chi connectivity index (χ2n) is 5.74. The predicted octanol–water partition coefficient (Wildman–Crippen LogP) is 4.61. The van der Waals surface area contributed by atoms with Crippen LogP contribution in [0.1, 0.15) is 56.9 Å². The van der Waals surface area contributed by atoms with E-state index < -0.39 is 0 Å². The van der Waals surface area contributed by atoms with E-state index >= 15 is 0 Å². The van der Waals surface area contributed by atoms with Gasteiger partial charge in [-0.2, -0.15) is 0 Å². The molecule has 0 aromatic heterocycles. The second kappa shape index (κ2) is 6.74. The molecule has 1 fully saturated rings. The van der Waals surface area contributed by atoms with Crippen molar-refractivity contribution in [3.8, 4) is 0 Å². The highest BCUT2D eigenvalue weighted by atomic mass is 16.6. The van der Waals surface area contributed by atoms with E-state index in [-0.39, 0.29) is 11.6 Å². The van der Waals surface area contributed by atoms with Crippen molar-refractivity contribution in [1.29, 1.82) is 0 Å². The zero-order valence-corrected chi connectivity index (χ0v) is 12.3. The summed E-state index contributed by atoms with van der Waals surface area (Å²) in [5.74, 6) is 0.320. The number of rotatable bonds is 5. The van der Waals surface area contributed by atoms with E-state index in [4.69, 9.17) is 4.74 Å². The van der Waals surface area contributed by atoms with Crippen LogP contribution >= 0.6 is 0 Å². The summed E-state index contributed by atoms with van der Waals surface area (Å²) in [6.07, 6.45) is 7.37. The molecule has 1 aromatic rings. The Balaban J connectivity index is 2.02. The van der Waals surface area contributed by atoms with Crippen LogP contribution in [-0.4, -0.2) is 11.6 Å². The highest BCUT2D eigenvalue weighted by molar-refractivity contribution is 5.81. The topological polar surface area (TPSA) is 26.3 Å². The summed E-state index contributed by atoms with van der Waals surface area (Å²) in [6, 6.07) is 10.7. The number of carbonyl (C=O) groups excluding carboxylic acids is 1. The van der Waals surface area contributed by atoms with Crippen LogP contribution in [0.4, 0.5) is 0 Å². The van der Waals surface area contributed by atoms with Gasteiger partial charge in [-0.15, -0.1) is 0 Å². The fraction of sp³-hybridized carbons (Fsp3) is 0.500. The molecular weight excluding hydrogens is 248 g/mol. The van der Waals surface area contributed by atoms with Crippen molar-refractivity contribution in [3.63, 3.8) is 0 Å². The second-order valence-corrected chi connectivity index (χ2v) is 5.74. The van der Waals surface area contributed by atoms with Crippen molar-refractivity contribution >= 4 is 5.97 Å². The first-order chi connectivity index (χ1) is 9.69. The number of carbonyl (C=O) groups is 1. The van der Waals surface area contributed by atoms with Crippen LogP contribution < -0.4 is 0 Å². The molecule has 0 atom stereocenters. The average molecular weight is 272 g/mol. The van der Waals surface area contributed by atoms with Gasteiger partial charge < -0.3 is 4.74 Å². The molecule has 1 saturated carbocycles. The average Bonchev–Trinajstić information content (AvgIpc) is 2.49. The molecule has 108 valence electrons. The van der Waals surface area contributed by atoms with E-state index in [1.165, 1.54) is 11.6 Å². The molecule has 0 amide bonds. The Hall–Kier alpha value is -1.57. The molecule has 1 aromatic carbocycles. The van der Waals surface area contributed by atoms with Gasteiger partial charge in [0.25, 0.3) is 0 Å². The first-order valence-corrected chi connectivity index (χ1v) is 7.59. The van der Waals surface area contributed by atoms with Gasteiger partial charge in [-0.25, -0.2) is 4.79 Å². The molecule has 2 heteroatoms. The van der Waals surface area contributed by atoms with Crippen molar-refractivity contribution in [2.75, 3.05) is 0 Å². The Morgan fingerprint density at radius 2 is 2.00 bits per heavy atom. The normalized spacial score (nSPS) is 25.9. The molecule has 20 heavy (non-hydrogen) atoms. The molecule has 2 rings (SSSR count). The van der Waals surface area contributed by atoms with Gasteiger partial charge in [-0.1, -0.05) is 50.3 Å². The highest BCUT2D eigenvalue weighted by Crippen LogP contribution is 2.42. The number of ether oxygens (including phenoxy) is 1. The van der Waals surface area contributed by atoms with Crippen molar-refractivity contribution in [3.05, 3.63) is 48.6 Å². The summed E-state index contributed by atoms with van der Waals surface area (Å²) in [6.45, 7) is 5.65. The Morgan fingerprint density at radius 3 is 2.55 bits per heavy atom. The summed E-state index contributed by atoms with van der Waals surface area (Å²) in [4.78, 5) is 11.6. The quantitative estimate of drug-likeness (QED) is 0.578. The Labute approximate surface area is 121 Å². The van der Waals surface area contributed by atoms with Crippen LogP contribution in [0, 0.1) is 0 Å². The summed E-state index contributed by atoms with van der Waals surface area (Å²) in [7, 11) is 0. The van der Waals surface area contributed by atoms with Gasteiger partial charge in [0.1, 0.15) is 5.60 Å². The fourth-order valence-electron chi connectivity index (χ4n) is 3.32. The van der Waals surface area contributed by atoms with Gasteiger partial charge in [-0.05, 0) is 43.6 Å². The minimum absolute atomic E-state index is 0.259. The number of benzene rings is 1. The molecule has 0 spiro atoms. The Morgan fingerprint density at radius 1 is 1.35 bits per heavy atom. The lowest BCUT2D eigenvalue weighted by Gasteiger charge is -2.39. The summed E-state index contributed by atoms with van der Waals surface area (Å²) in [5.41, 5.74) is 1.15. The van der Waals surface area contributed by atoms with E-state index in [1.807, 2.05) is 0 Å². The Kier molecular flexibility index (Phi) is 4.99. The molecule has 0 radical (unpaired) electrons. The number of esters is 1. The van der Waals surface area contributed by atoms with Crippen LogP contribution in [0.5, 0.6) is 0 Å². The minimum atomic E-state index is -0.281. The summed E-state index contributed by atoms with van der Waals surface area (Å²) in [5, 5.41) is 0. The third-order valence-corrected chi connectivity index (χ3v) is 4.36. The smallest absolute Gasteiger partial charge is 0.330 e. The van der Waals surface area contributed by atoms with Gasteiger partial charge in [0, 0.05) is 6.08 Å². The lowest BCUT2D eigenvalue weighted by atomic mass is 9.74. The number of hydrogen-bond acceptors (Lipinski definition) is 2. The fourth-order valence-corrected chi connectivity index (χ4v) is 3.32. The standard InChI is InChI=1S/C18H24O2/c1-3-12-18(20-17(19)4-2)13-10-16(11-14-18)15-8-6-5-7-9-15/h4-9,16H,2-3,10-14H2,1H3. The monoisotopic (exact) mass is 272 g/mol. The van der Waals surface area contributed by atoms with Gasteiger partial charge in [0.05, 0.1) is 0 Å². The Bertz CT molecular complexity index is 442. The molecule has 0 bridgehead atoms. The molecule has 0 heterocycles. The molecule has 1 aliphatic rings. The van der Waals surface area contributed by atoms with E-state index in [2.05, 4.69) is 43.8 Å². The molecule has 0 aliphatic heterocycles. The molecule has 0 N–H and O–H groups in total. The molecule has 0 unspecified atom stereocenters. The van der Waals surface area contributed by atoms with Gasteiger partial charge >= 0.3 is 5.97 Å². The zero-order valence-electron chi connectivity index (χ0n) is 12.3. The molecule has 2 nitrogen and oxygen atoms in total. The van der Waals surface area contributed by atoms with Crippen molar-refractivity contribution in [1.82, 2.24) is 0 Å². The highest BCUT2D eigenvalue weighted by Gasteiger charge is 2.37. The minimum Gasteiger partial charge on any atom is -0.456 e. The number of hydrogen-bond donors (Lipinski definition) is 0. The zero-order chi connectivity index (χ0) is 14.4. The van der Waals surface area contributed by atoms with Gasteiger partial charge in [0.2, 0.25) is 0 Å². The van der Waals surface area contributed by atoms with E-state index in [1.54, 1.807) is 0 Å². The first-order valence-electron chi connectivity index (χ1n) is 7.59. The molecule has 1 aliphatic carbocycles. The van der Waals surface area contributed by atoms with E-state index in [0.29, 0.717) is 5.92 Å². The SMILES string of the molecule is C=CC(=O)OC1(CCC)CCC(c2ccccc2)CC1. The van der Waals surface area contributed by atoms with Crippen molar-refractivity contribution in [2.45, 2.75) is 57.0 Å². The third kappa shape index (κ3) is 3.50. The van der Waals surface area contributed by atoms with Gasteiger partial charge in [0.15, 0.2) is 0 Å². The van der Waals surface area contributed by atoms with Crippen LogP contribution in [0.3, 0.4) is 0 Å². The summed E-state index contributed by atoms with van der Waals surface area (Å²) >= 11 is 0. The molecular formula is C18H24O2. The maximum atomic E-state index is 11.6. The molecule has 0 saturated heterocycles. The summed E-state index contributed by atoms with van der Waals surface area (Å²) < 4.78 is 5.70. The maximum Gasteiger partial charge on any atom is 0.330 e. The van der Waals surface area contributed by atoms with Crippen LogP contribution in [0.15, 0.2) is 43.0 Å². The lowest BCUT2D eigenvalue weighted by Crippen LogP contribution is -2.38.